The Hall–Kier alpha value is -0.760. The van der Waals surface area contributed by atoms with Gasteiger partial charge in [0, 0.05) is 6.54 Å². The number of hydrogen-bond acceptors (Lipinski definition) is 8. The molecule has 12 heteroatoms. The SMILES string of the molecule is CC(C)OC1=CC=CC(S(=O)(=O)[O-])(S(=O)(=O)[O-])C1(C=Cc1ccccc1)C1NCc2ccccc21.[Na+].[Na+]. The van der Waals surface area contributed by atoms with Gasteiger partial charge in [-0.15, -0.1) is 0 Å². The van der Waals surface area contributed by atoms with Crippen LogP contribution in [0.2, 0.25) is 0 Å². The van der Waals surface area contributed by atoms with Gasteiger partial charge in [-0.2, -0.15) is 0 Å². The van der Waals surface area contributed by atoms with Gasteiger partial charge in [-0.1, -0.05) is 72.8 Å². The normalized spacial score (nSPS) is 22.6. The number of fused-ring (bicyclic) bond motifs is 1. The molecule has 2 aromatic rings. The molecule has 0 saturated carbocycles. The maximum Gasteiger partial charge on any atom is 1.00 e. The second-order valence-electron chi connectivity index (χ2n) is 8.76. The van der Waals surface area contributed by atoms with Crippen molar-refractivity contribution in [2.75, 3.05) is 0 Å². The summed E-state index contributed by atoms with van der Waals surface area (Å²) in [5.41, 5.74) is -0.299. The van der Waals surface area contributed by atoms with Crippen LogP contribution in [0.5, 0.6) is 0 Å². The van der Waals surface area contributed by atoms with E-state index in [2.05, 4.69) is 5.32 Å². The van der Waals surface area contributed by atoms with Crippen molar-refractivity contribution in [1.82, 2.24) is 5.32 Å². The van der Waals surface area contributed by atoms with Crippen LogP contribution in [0.1, 0.15) is 36.6 Å². The summed E-state index contributed by atoms with van der Waals surface area (Å²) in [4.78, 5) is 0. The molecule has 0 radical (unpaired) electrons. The largest absolute Gasteiger partial charge is 1.00 e. The smallest absolute Gasteiger partial charge is 0.746 e. The molecule has 4 rings (SSSR count). The van der Waals surface area contributed by atoms with E-state index in [1.165, 1.54) is 18.2 Å². The second-order valence-corrected chi connectivity index (χ2v) is 12.1. The molecule has 0 bridgehead atoms. The molecule has 37 heavy (non-hydrogen) atoms. The maximum absolute atomic E-state index is 13.0. The molecule has 0 saturated heterocycles. The van der Waals surface area contributed by atoms with Crippen molar-refractivity contribution in [3.63, 3.8) is 0 Å². The first kappa shape index (κ1) is 32.5. The van der Waals surface area contributed by atoms with Crippen LogP contribution in [0.15, 0.2) is 84.7 Å². The predicted molar refractivity (Wildman–Crippen MR) is 130 cm³/mol. The van der Waals surface area contributed by atoms with Gasteiger partial charge < -0.3 is 19.2 Å². The van der Waals surface area contributed by atoms with E-state index in [-0.39, 0.29) is 71.4 Å². The standard InChI is InChI=1S/C25H27NO7S2.2Na/c1-18(2)33-22-13-8-15-25(34(27,28)29,35(30,31)32)24(22,16-14-19-9-4-3-5-10-19)23-21-12-7-6-11-20(21)17-26-23;;/h3-16,18,23,26H,17H2,1-2H3,(H,27,28,29)(H,30,31,32);;/q;2*+1/p-2. The number of ether oxygens (including phenoxy) is 1. The predicted octanol–water partition coefficient (Wildman–Crippen LogP) is -2.80. The van der Waals surface area contributed by atoms with E-state index in [0.717, 1.165) is 11.6 Å². The van der Waals surface area contributed by atoms with E-state index in [0.29, 0.717) is 17.2 Å². The quantitative estimate of drug-likeness (QED) is 0.283. The van der Waals surface area contributed by atoms with Crippen LogP contribution in [0, 0.1) is 5.41 Å². The molecule has 1 aliphatic carbocycles. The van der Waals surface area contributed by atoms with Crippen LogP contribution >= 0.6 is 0 Å². The molecule has 2 atom stereocenters. The molecule has 2 aliphatic rings. The number of rotatable bonds is 7. The summed E-state index contributed by atoms with van der Waals surface area (Å²) in [5.74, 6) is -0.116. The van der Waals surface area contributed by atoms with Crippen LogP contribution in [-0.2, 0) is 31.5 Å². The average molecular weight is 562 g/mol. The van der Waals surface area contributed by atoms with Crippen LogP contribution in [0.4, 0.5) is 0 Å². The minimum absolute atomic E-state index is 0. The summed E-state index contributed by atoms with van der Waals surface area (Å²) < 4.78 is 80.3. The Morgan fingerprint density at radius 2 is 1.57 bits per heavy atom. The summed E-state index contributed by atoms with van der Waals surface area (Å²) in [7, 11) is -11.6. The van der Waals surface area contributed by atoms with Crippen LogP contribution < -0.4 is 64.4 Å². The van der Waals surface area contributed by atoms with E-state index in [1.54, 1.807) is 68.4 Å². The number of allylic oxidation sites excluding steroid dienone is 2. The van der Waals surface area contributed by atoms with Crippen molar-refractivity contribution >= 4 is 26.3 Å². The van der Waals surface area contributed by atoms with E-state index < -0.39 is 41.9 Å². The van der Waals surface area contributed by atoms with E-state index in [4.69, 9.17) is 4.74 Å². The Morgan fingerprint density at radius 1 is 0.973 bits per heavy atom. The van der Waals surface area contributed by atoms with Gasteiger partial charge in [-0.25, -0.2) is 16.8 Å². The first-order chi connectivity index (χ1) is 16.4. The Morgan fingerprint density at radius 3 is 2.16 bits per heavy atom. The van der Waals surface area contributed by atoms with Gasteiger partial charge in [0.15, 0.2) is 4.08 Å². The molecule has 0 amide bonds. The zero-order valence-electron chi connectivity index (χ0n) is 21.1. The fourth-order valence-corrected chi connectivity index (χ4v) is 7.83. The topological polar surface area (TPSA) is 136 Å². The van der Waals surface area contributed by atoms with Gasteiger partial charge in [0.1, 0.15) is 31.4 Å². The molecule has 0 fully saturated rings. The molecule has 1 aliphatic heterocycles. The third-order valence-electron chi connectivity index (χ3n) is 6.31. The van der Waals surface area contributed by atoms with Crippen molar-refractivity contribution in [2.24, 2.45) is 5.41 Å². The van der Waals surface area contributed by atoms with Crippen molar-refractivity contribution in [3.8, 4) is 0 Å². The van der Waals surface area contributed by atoms with Gasteiger partial charge in [0.2, 0.25) is 0 Å². The Labute approximate surface area is 262 Å². The van der Waals surface area contributed by atoms with Crippen LogP contribution in [0.25, 0.3) is 6.08 Å². The maximum atomic E-state index is 13.0. The van der Waals surface area contributed by atoms with Gasteiger partial charge in [-0.05, 0) is 42.7 Å². The Bertz CT molecular complexity index is 1390. The molecular weight excluding hydrogens is 536 g/mol. The molecule has 1 heterocycles. The first-order valence-electron chi connectivity index (χ1n) is 11.0. The summed E-state index contributed by atoms with van der Waals surface area (Å²) >= 11 is 0. The number of benzene rings is 2. The van der Waals surface area contributed by atoms with Crippen molar-refractivity contribution in [3.05, 3.63) is 101 Å². The average Bonchev–Trinajstić information content (AvgIpc) is 3.21. The monoisotopic (exact) mass is 561 g/mol. The van der Waals surface area contributed by atoms with Gasteiger partial charge in [0.25, 0.3) is 0 Å². The van der Waals surface area contributed by atoms with Gasteiger partial charge in [0.05, 0.1) is 12.1 Å². The fraction of sp³-hybridized carbons (Fsp3) is 0.280. The molecule has 1 N–H and O–H groups in total. The molecule has 2 aromatic carbocycles. The number of hydrogen-bond donors (Lipinski definition) is 1. The summed E-state index contributed by atoms with van der Waals surface area (Å²) in [5, 5.41) is 3.16. The van der Waals surface area contributed by atoms with Gasteiger partial charge in [-0.3, -0.25) is 0 Å². The summed E-state index contributed by atoms with van der Waals surface area (Å²) in [6.07, 6.45) is 5.47. The first-order valence-corrected chi connectivity index (χ1v) is 13.8. The third kappa shape index (κ3) is 5.62. The number of nitrogens with one attached hydrogen (secondary N) is 1. The van der Waals surface area contributed by atoms with Crippen LogP contribution in [-0.4, -0.2) is 36.1 Å². The molecule has 0 aromatic heterocycles. The van der Waals surface area contributed by atoms with Crippen molar-refractivity contribution < 1.29 is 89.8 Å². The van der Waals surface area contributed by atoms with E-state index >= 15 is 0 Å². The van der Waals surface area contributed by atoms with Gasteiger partial charge >= 0.3 is 59.1 Å². The third-order valence-corrected chi connectivity index (χ3v) is 9.97. The van der Waals surface area contributed by atoms with E-state index in [9.17, 15) is 25.9 Å². The summed E-state index contributed by atoms with van der Waals surface area (Å²) in [6.45, 7) is 3.63. The molecular formula is C25H25NNa2O7S2. The zero-order chi connectivity index (χ0) is 25.5. The minimum Gasteiger partial charge on any atom is -0.746 e. The van der Waals surface area contributed by atoms with Crippen molar-refractivity contribution in [2.45, 2.75) is 36.6 Å². The summed E-state index contributed by atoms with van der Waals surface area (Å²) in [6, 6.07) is 14.7. The molecule has 2 unspecified atom stereocenters. The Balaban J connectivity index is 0.00000241. The zero-order valence-corrected chi connectivity index (χ0v) is 26.8. The molecule has 186 valence electrons. The fourth-order valence-electron chi connectivity index (χ4n) is 4.94. The second kappa shape index (κ2) is 12.2. The molecule has 8 nitrogen and oxygen atoms in total. The van der Waals surface area contributed by atoms with Crippen molar-refractivity contribution in [1.29, 1.82) is 0 Å². The molecule has 0 spiro atoms. The minimum atomic E-state index is -5.82. The van der Waals surface area contributed by atoms with Crippen LogP contribution in [0.3, 0.4) is 0 Å². The Kier molecular flexibility index (Phi) is 10.7. The van der Waals surface area contributed by atoms with E-state index in [1.807, 2.05) is 0 Å².